The summed E-state index contributed by atoms with van der Waals surface area (Å²) in [6.07, 6.45) is 1.34. The van der Waals surface area contributed by atoms with Crippen molar-refractivity contribution >= 4 is 45.5 Å². The van der Waals surface area contributed by atoms with E-state index in [1.807, 2.05) is 13.8 Å². The van der Waals surface area contributed by atoms with Crippen molar-refractivity contribution in [2.45, 2.75) is 13.8 Å². The second-order valence-electron chi connectivity index (χ2n) is 5.94. The maximum atomic E-state index is 12.1. The minimum Gasteiger partial charge on any atom is -0.481 e. The van der Waals surface area contributed by atoms with E-state index in [0.717, 1.165) is 11.1 Å². The topological polar surface area (TPSA) is 85.6 Å². The molecular formula is C21H17BrClNO5. The highest BCUT2D eigenvalue weighted by Crippen LogP contribution is 2.35. The summed E-state index contributed by atoms with van der Waals surface area (Å²) in [6.45, 7) is 3.37. The van der Waals surface area contributed by atoms with E-state index in [2.05, 4.69) is 20.7 Å². The first-order chi connectivity index (χ1) is 13.8. The number of halogens is 2. The Hall–Kier alpha value is -2.82. The van der Waals surface area contributed by atoms with Gasteiger partial charge >= 0.3 is 11.9 Å². The molecule has 8 heteroatoms. The van der Waals surface area contributed by atoms with Crippen LogP contribution in [-0.2, 0) is 14.3 Å². The maximum absolute atomic E-state index is 12.1. The van der Waals surface area contributed by atoms with Gasteiger partial charge in [-0.25, -0.2) is 9.59 Å². The number of carbonyl (C=O) groups excluding carboxylic acids is 2. The van der Waals surface area contributed by atoms with Crippen LogP contribution in [0.25, 0.3) is 6.08 Å². The third kappa shape index (κ3) is 5.83. The van der Waals surface area contributed by atoms with Crippen LogP contribution in [0.15, 0.2) is 40.4 Å². The number of hydrogen-bond donors (Lipinski definition) is 0. The Kier molecular flexibility index (Phi) is 7.82. The molecule has 2 rings (SSSR count). The normalized spacial score (nSPS) is 10.8. The van der Waals surface area contributed by atoms with Gasteiger partial charge in [-0.1, -0.05) is 23.7 Å². The van der Waals surface area contributed by atoms with E-state index in [0.29, 0.717) is 20.8 Å². The number of methoxy groups -OCH3 is 1. The van der Waals surface area contributed by atoms with Gasteiger partial charge in [0.2, 0.25) is 0 Å². The first-order valence-electron chi connectivity index (χ1n) is 8.35. The number of rotatable bonds is 6. The van der Waals surface area contributed by atoms with Crippen LogP contribution in [0, 0.1) is 25.2 Å². The first kappa shape index (κ1) is 22.5. The molecule has 0 fully saturated rings. The molecular weight excluding hydrogens is 462 g/mol. The zero-order valence-corrected chi connectivity index (χ0v) is 18.3. The minimum atomic E-state index is -0.748. The van der Waals surface area contributed by atoms with E-state index in [1.165, 1.54) is 19.3 Å². The molecule has 0 unspecified atom stereocenters. The van der Waals surface area contributed by atoms with Gasteiger partial charge in [-0.15, -0.1) is 0 Å². The van der Waals surface area contributed by atoms with E-state index in [9.17, 15) is 9.59 Å². The molecule has 29 heavy (non-hydrogen) atoms. The minimum absolute atomic E-state index is 0.169. The monoisotopic (exact) mass is 477 g/mol. The van der Waals surface area contributed by atoms with Crippen molar-refractivity contribution in [1.82, 2.24) is 0 Å². The molecule has 2 aromatic carbocycles. The zero-order chi connectivity index (χ0) is 21.6. The van der Waals surface area contributed by atoms with Gasteiger partial charge in [0, 0.05) is 5.02 Å². The van der Waals surface area contributed by atoms with Crippen molar-refractivity contribution in [3.05, 3.63) is 62.1 Å². The summed E-state index contributed by atoms with van der Waals surface area (Å²) in [5.74, 6) is -0.633. The molecule has 0 radical (unpaired) electrons. The lowest BCUT2D eigenvalue weighted by atomic mass is 10.1. The molecule has 0 amide bonds. The fraction of sp³-hybridized carbons (Fsp3) is 0.190. The Balaban J connectivity index is 2.08. The Morgan fingerprint density at radius 1 is 1.28 bits per heavy atom. The summed E-state index contributed by atoms with van der Waals surface area (Å²) in [6, 6.07) is 9.87. The van der Waals surface area contributed by atoms with Crippen molar-refractivity contribution in [3.8, 4) is 17.6 Å². The van der Waals surface area contributed by atoms with Crippen LogP contribution in [-0.4, -0.2) is 25.7 Å². The van der Waals surface area contributed by atoms with E-state index >= 15 is 0 Å². The lowest BCUT2D eigenvalue weighted by Gasteiger charge is -2.13. The van der Waals surface area contributed by atoms with E-state index in [1.54, 1.807) is 30.3 Å². The summed E-state index contributed by atoms with van der Waals surface area (Å²) in [5, 5.41) is 9.65. The molecule has 0 N–H and O–H groups in total. The summed E-state index contributed by atoms with van der Waals surface area (Å²) in [5.41, 5.74) is 1.98. The molecule has 0 atom stereocenters. The smallest absolute Gasteiger partial charge is 0.349 e. The lowest BCUT2D eigenvalue weighted by molar-refractivity contribution is -0.137. The number of benzene rings is 2. The molecule has 0 aromatic heterocycles. The third-order valence-corrected chi connectivity index (χ3v) is 5.41. The van der Waals surface area contributed by atoms with Crippen LogP contribution in [0.5, 0.6) is 11.5 Å². The van der Waals surface area contributed by atoms with Gasteiger partial charge in [-0.3, -0.25) is 0 Å². The van der Waals surface area contributed by atoms with E-state index in [4.69, 9.17) is 26.3 Å². The number of hydrogen-bond acceptors (Lipinski definition) is 6. The van der Waals surface area contributed by atoms with Gasteiger partial charge in [0.25, 0.3) is 0 Å². The highest BCUT2D eigenvalue weighted by Gasteiger charge is 2.14. The van der Waals surface area contributed by atoms with Crippen molar-refractivity contribution in [1.29, 1.82) is 5.26 Å². The van der Waals surface area contributed by atoms with Gasteiger partial charge in [0.1, 0.15) is 23.1 Å². The lowest BCUT2D eigenvalue weighted by Crippen LogP contribution is -2.18. The first-order valence-corrected chi connectivity index (χ1v) is 9.52. The van der Waals surface area contributed by atoms with Crippen LogP contribution in [0.2, 0.25) is 5.02 Å². The van der Waals surface area contributed by atoms with Crippen LogP contribution >= 0.6 is 27.5 Å². The Morgan fingerprint density at radius 2 is 2.00 bits per heavy atom. The molecule has 0 spiro atoms. The summed E-state index contributed by atoms with van der Waals surface area (Å²) < 4.78 is 16.0. The predicted octanol–water partition coefficient (Wildman–Crippen LogP) is 4.78. The number of nitrogens with zero attached hydrogens (tertiary/aromatic N) is 1. The molecule has 0 saturated heterocycles. The fourth-order valence-corrected chi connectivity index (χ4v) is 3.07. The van der Waals surface area contributed by atoms with E-state index in [-0.39, 0.29) is 17.9 Å². The van der Waals surface area contributed by atoms with Gasteiger partial charge in [-0.2, -0.15) is 5.26 Å². The fourth-order valence-electron chi connectivity index (χ4n) is 2.38. The molecule has 0 heterocycles. The molecule has 150 valence electrons. The zero-order valence-electron chi connectivity index (χ0n) is 15.9. The number of carbonyl (C=O) groups is 2. The van der Waals surface area contributed by atoms with Crippen molar-refractivity contribution in [2.24, 2.45) is 0 Å². The average Bonchev–Trinajstić information content (AvgIpc) is 2.71. The standard InChI is InChI=1S/C21H17BrClNO5/c1-12-7-17(19(22)13(2)20(12)23)28-11-18(25)29-16-6-4-5-14(9-16)8-15(10-24)21(26)27-3/h4-9H,11H2,1-3H3/b15-8+. The van der Waals surface area contributed by atoms with Crippen LogP contribution < -0.4 is 9.47 Å². The van der Waals surface area contributed by atoms with Crippen LogP contribution in [0.4, 0.5) is 0 Å². The molecule has 0 saturated carbocycles. The molecule has 0 aliphatic carbocycles. The van der Waals surface area contributed by atoms with Gasteiger partial charge in [0.15, 0.2) is 6.61 Å². The number of ether oxygens (including phenoxy) is 3. The molecule has 6 nitrogen and oxygen atoms in total. The SMILES string of the molecule is COC(=O)/C(C#N)=C/c1cccc(OC(=O)COc2cc(C)c(Cl)c(C)c2Br)c1. The number of nitriles is 1. The summed E-state index contributed by atoms with van der Waals surface area (Å²) in [7, 11) is 1.19. The highest BCUT2D eigenvalue weighted by atomic mass is 79.9. The van der Waals surface area contributed by atoms with E-state index < -0.39 is 11.9 Å². The van der Waals surface area contributed by atoms with Crippen molar-refractivity contribution in [3.63, 3.8) is 0 Å². The number of esters is 2. The van der Waals surface area contributed by atoms with Crippen LogP contribution in [0.1, 0.15) is 16.7 Å². The predicted molar refractivity (Wildman–Crippen MR) is 112 cm³/mol. The maximum Gasteiger partial charge on any atom is 0.349 e. The van der Waals surface area contributed by atoms with Gasteiger partial charge in [-0.05, 0) is 70.7 Å². The quantitative estimate of drug-likeness (QED) is 0.257. The largest absolute Gasteiger partial charge is 0.481 e. The van der Waals surface area contributed by atoms with Crippen molar-refractivity contribution < 1.29 is 23.8 Å². The number of aryl methyl sites for hydroxylation is 1. The van der Waals surface area contributed by atoms with Gasteiger partial charge in [0.05, 0.1) is 11.6 Å². The Morgan fingerprint density at radius 3 is 2.66 bits per heavy atom. The van der Waals surface area contributed by atoms with Gasteiger partial charge < -0.3 is 14.2 Å². The summed E-state index contributed by atoms with van der Waals surface area (Å²) >= 11 is 9.59. The highest BCUT2D eigenvalue weighted by molar-refractivity contribution is 9.10. The molecule has 0 bridgehead atoms. The molecule has 2 aromatic rings. The van der Waals surface area contributed by atoms with Crippen molar-refractivity contribution in [2.75, 3.05) is 13.7 Å². The second kappa shape index (κ2) is 10.1. The van der Waals surface area contributed by atoms with Crippen LogP contribution in [0.3, 0.4) is 0 Å². The third-order valence-electron chi connectivity index (χ3n) is 3.84. The second-order valence-corrected chi connectivity index (χ2v) is 7.11. The molecule has 0 aliphatic heterocycles. The average molecular weight is 479 g/mol. The Bertz CT molecular complexity index is 1030. The molecule has 0 aliphatic rings. The summed E-state index contributed by atoms with van der Waals surface area (Å²) in [4.78, 5) is 23.6. The Labute approximate surface area is 181 Å².